The molecule has 0 bridgehead atoms. The summed E-state index contributed by atoms with van der Waals surface area (Å²) in [6.45, 7) is 1.26. The normalized spacial score (nSPS) is 20.5. The third-order valence-corrected chi connectivity index (χ3v) is 4.05. The number of amides is 3. The van der Waals surface area contributed by atoms with Crippen molar-refractivity contribution in [3.05, 3.63) is 29.3 Å². The Hall–Kier alpha value is -2.41. The number of nitrogens with one attached hydrogen (secondary N) is 1. The van der Waals surface area contributed by atoms with E-state index in [2.05, 4.69) is 5.32 Å². The number of rotatable bonds is 5. The number of hydrogen-bond acceptors (Lipinski definition) is 5. The fourth-order valence-electron chi connectivity index (χ4n) is 2.88. The summed E-state index contributed by atoms with van der Waals surface area (Å²) in [4.78, 5) is 37.2. The number of benzene rings is 1. The SMILES string of the molecule is COCCOc1ccc2c(c1)CN(C1CCC(=O)NC1=O)C2=O. The van der Waals surface area contributed by atoms with E-state index in [1.54, 1.807) is 19.2 Å². The highest BCUT2D eigenvalue weighted by molar-refractivity contribution is 6.05. The van der Waals surface area contributed by atoms with E-state index in [1.807, 2.05) is 6.07 Å². The van der Waals surface area contributed by atoms with Gasteiger partial charge in [0.2, 0.25) is 11.8 Å². The van der Waals surface area contributed by atoms with Crippen LogP contribution >= 0.6 is 0 Å². The van der Waals surface area contributed by atoms with Gasteiger partial charge in [0.1, 0.15) is 18.4 Å². The number of imide groups is 1. The monoisotopic (exact) mass is 318 g/mol. The van der Waals surface area contributed by atoms with Gasteiger partial charge in [0.05, 0.1) is 6.61 Å². The van der Waals surface area contributed by atoms with Gasteiger partial charge in [0.25, 0.3) is 5.91 Å². The molecule has 1 aromatic rings. The van der Waals surface area contributed by atoms with Crippen LogP contribution in [0.2, 0.25) is 0 Å². The molecular formula is C16H18N2O5. The molecule has 1 atom stereocenters. The first-order valence-corrected chi connectivity index (χ1v) is 7.49. The molecule has 0 aromatic heterocycles. The first-order valence-electron chi connectivity index (χ1n) is 7.49. The molecule has 1 unspecified atom stereocenters. The second-order valence-corrected chi connectivity index (χ2v) is 5.56. The summed E-state index contributed by atoms with van der Waals surface area (Å²) in [5, 5.41) is 2.29. The number of carbonyl (C=O) groups excluding carboxylic acids is 3. The van der Waals surface area contributed by atoms with E-state index in [1.165, 1.54) is 4.90 Å². The third-order valence-electron chi connectivity index (χ3n) is 4.05. The standard InChI is InChI=1S/C16H18N2O5/c1-22-6-7-23-11-2-3-12-10(8-11)9-18(16(12)21)13-4-5-14(19)17-15(13)20/h2-3,8,13H,4-7,9H2,1H3,(H,17,19,20). The summed E-state index contributed by atoms with van der Waals surface area (Å²) in [6.07, 6.45) is 0.615. The van der Waals surface area contributed by atoms with E-state index in [0.717, 1.165) is 5.56 Å². The van der Waals surface area contributed by atoms with E-state index in [9.17, 15) is 14.4 Å². The largest absolute Gasteiger partial charge is 0.491 e. The lowest BCUT2D eigenvalue weighted by molar-refractivity contribution is -0.136. The molecule has 0 spiro atoms. The van der Waals surface area contributed by atoms with Gasteiger partial charge in [-0.2, -0.15) is 0 Å². The minimum Gasteiger partial charge on any atom is -0.491 e. The van der Waals surface area contributed by atoms with Crippen LogP contribution in [0.1, 0.15) is 28.8 Å². The Morgan fingerprint density at radius 3 is 2.83 bits per heavy atom. The van der Waals surface area contributed by atoms with Crippen molar-refractivity contribution in [3.8, 4) is 5.75 Å². The lowest BCUT2D eigenvalue weighted by Crippen LogP contribution is -2.52. The van der Waals surface area contributed by atoms with E-state index in [4.69, 9.17) is 9.47 Å². The minimum absolute atomic E-state index is 0.182. The van der Waals surface area contributed by atoms with E-state index >= 15 is 0 Å². The molecule has 7 heteroatoms. The molecule has 0 aliphatic carbocycles. The van der Waals surface area contributed by atoms with Crippen molar-refractivity contribution in [1.29, 1.82) is 0 Å². The highest BCUT2D eigenvalue weighted by atomic mass is 16.5. The smallest absolute Gasteiger partial charge is 0.255 e. The zero-order valence-corrected chi connectivity index (χ0v) is 12.8. The molecule has 23 heavy (non-hydrogen) atoms. The van der Waals surface area contributed by atoms with Gasteiger partial charge in [-0.05, 0) is 30.2 Å². The molecule has 122 valence electrons. The summed E-state index contributed by atoms with van der Waals surface area (Å²) in [5.41, 5.74) is 1.41. The predicted molar refractivity (Wildman–Crippen MR) is 79.9 cm³/mol. The van der Waals surface area contributed by atoms with Crippen LogP contribution in [-0.4, -0.2) is 49.0 Å². The Morgan fingerprint density at radius 1 is 1.26 bits per heavy atom. The van der Waals surface area contributed by atoms with Crippen LogP contribution in [0.3, 0.4) is 0 Å². The van der Waals surface area contributed by atoms with Crippen molar-refractivity contribution >= 4 is 17.7 Å². The van der Waals surface area contributed by atoms with Crippen LogP contribution in [-0.2, 0) is 20.9 Å². The maximum absolute atomic E-state index is 12.5. The first kappa shape index (κ1) is 15.5. The maximum Gasteiger partial charge on any atom is 0.255 e. The maximum atomic E-state index is 12.5. The number of piperidine rings is 1. The van der Waals surface area contributed by atoms with Crippen molar-refractivity contribution in [3.63, 3.8) is 0 Å². The summed E-state index contributed by atoms with van der Waals surface area (Å²) in [5.74, 6) is -0.208. The molecule has 0 radical (unpaired) electrons. The van der Waals surface area contributed by atoms with Crippen molar-refractivity contribution in [2.24, 2.45) is 0 Å². The Bertz CT molecular complexity index is 658. The average Bonchev–Trinajstić information content (AvgIpc) is 2.84. The van der Waals surface area contributed by atoms with Gasteiger partial charge >= 0.3 is 0 Å². The Balaban J connectivity index is 1.73. The van der Waals surface area contributed by atoms with E-state index in [0.29, 0.717) is 37.5 Å². The second-order valence-electron chi connectivity index (χ2n) is 5.56. The summed E-state index contributed by atoms with van der Waals surface area (Å²) in [6, 6.07) is 4.67. The molecule has 3 rings (SSSR count). The van der Waals surface area contributed by atoms with Gasteiger partial charge < -0.3 is 14.4 Å². The molecule has 2 aliphatic heterocycles. The highest BCUT2D eigenvalue weighted by Gasteiger charge is 2.39. The van der Waals surface area contributed by atoms with Crippen LogP contribution in [0.15, 0.2) is 18.2 Å². The first-order chi connectivity index (χ1) is 11.1. The molecule has 1 aromatic carbocycles. The van der Waals surface area contributed by atoms with Crippen molar-refractivity contribution in [2.75, 3.05) is 20.3 Å². The molecule has 2 aliphatic rings. The third kappa shape index (κ3) is 3.05. The summed E-state index contributed by atoms with van der Waals surface area (Å²) < 4.78 is 10.5. The topological polar surface area (TPSA) is 84.9 Å². The number of carbonyl (C=O) groups is 3. The lowest BCUT2D eigenvalue weighted by atomic mass is 10.0. The number of fused-ring (bicyclic) bond motifs is 1. The Labute approximate surface area is 133 Å². The van der Waals surface area contributed by atoms with Gasteiger partial charge in [-0.1, -0.05) is 0 Å². The molecule has 0 saturated carbocycles. The van der Waals surface area contributed by atoms with E-state index in [-0.39, 0.29) is 18.2 Å². The highest BCUT2D eigenvalue weighted by Crippen LogP contribution is 2.30. The fraction of sp³-hybridized carbons (Fsp3) is 0.438. The predicted octanol–water partition coefficient (Wildman–Crippen LogP) is 0.473. The summed E-state index contributed by atoms with van der Waals surface area (Å²) >= 11 is 0. The molecule has 3 amide bonds. The summed E-state index contributed by atoms with van der Waals surface area (Å²) in [7, 11) is 1.60. The fourth-order valence-corrected chi connectivity index (χ4v) is 2.88. The zero-order valence-electron chi connectivity index (χ0n) is 12.8. The number of methoxy groups -OCH3 is 1. The van der Waals surface area contributed by atoms with Crippen molar-refractivity contribution < 1.29 is 23.9 Å². The van der Waals surface area contributed by atoms with Crippen molar-refractivity contribution in [2.45, 2.75) is 25.4 Å². The van der Waals surface area contributed by atoms with Gasteiger partial charge in [-0.25, -0.2) is 0 Å². The minimum atomic E-state index is -0.592. The van der Waals surface area contributed by atoms with Gasteiger partial charge in [0, 0.05) is 25.6 Å². The van der Waals surface area contributed by atoms with Crippen LogP contribution in [0.25, 0.3) is 0 Å². The molecule has 1 N–H and O–H groups in total. The average molecular weight is 318 g/mol. The molecule has 1 fully saturated rings. The quantitative estimate of drug-likeness (QED) is 0.630. The van der Waals surface area contributed by atoms with Crippen LogP contribution in [0, 0.1) is 0 Å². The lowest BCUT2D eigenvalue weighted by Gasteiger charge is -2.29. The van der Waals surface area contributed by atoms with Crippen LogP contribution in [0.4, 0.5) is 0 Å². The van der Waals surface area contributed by atoms with Gasteiger partial charge in [-0.3, -0.25) is 19.7 Å². The molecule has 2 heterocycles. The zero-order chi connectivity index (χ0) is 16.4. The van der Waals surface area contributed by atoms with Gasteiger partial charge in [0.15, 0.2) is 0 Å². The van der Waals surface area contributed by atoms with Crippen LogP contribution < -0.4 is 10.1 Å². The molecule has 7 nitrogen and oxygen atoms in total. The Morgan fingerprint density at radius 2 is 2.09 bits per heavy atom. The number of hydrogen-bond donors (Lipinski definition) is 1. The molecule has 1 saturated heterocycles. The van der Waals surface area contributed by atoms with Crippen LogP contribution in [0.5, 0.6) is 5.75 Å². The number of ether oxygens (including phenoxy) is 2. The van der Waals surface area contributed by atoms with Gasteiger partial charge in [-0.15, -0.1) is 0 Å². The van der Waals surface area contributed by atoms with Crippen molar-refractivity contribution in [1.82, 2.24) is 10.2 Å². The molecular weight excluding hydrogens is 300 g/mol. The van der Waals surface area contributed by atoms with E-state index < -0.39 is 11.9 Å². The Kier molecular flexibility index (Phi) is 4.29. The second kappa shape index (κ2) is 6.37. The number of nitrogens with zero attached hydrogens (tertiary/aromatic N) is 1.